The molecule has 0 saturated carbocycles. The Morgan fingerprint density at radius 1 is 1.42 bits per heavy atom. The molecule has 0 unspecified atom stereocenters. The quantitative estimate of drug-likeness (QED) is 0.396. The van der Waals surface area contributed by atoms with Gasteiger partial charge in [0.2, 0.25) is 0 Å². The van der Waals surface area contributed by atoms with Gasteiger partial charge in [0.1, 0.15) is 5.84 Å². The predicted molar refractivity (Wildman–Crippen MR) is 52.1 cm³/mol. The van der Waals surface area contributed by atoms with Crippen molar-refractivity contribution in [3.63, 3.8) is 0 Å². The van der Waals surface area contributed by atoms with Crippen LogP contribution < -0.4 is 11.2 Å². The number of nitrogens with zero attached hydrogens (tertiary/aromatic N) is 1. The van der Waals surface area contributed by atoms with Gasteiger partial charge in [-0.25, -0.2) is 0 Å². The van der Waals surface area contributed by atoms with Crippen LogP contribution in [-0.4, -0.2) is 5.84 Å². The van der Waals surface area contributed by atoms with E-state index >= 15 is 0 Å². The highest BCUT2D eigenvalue weighted by Gasteiger charge is 1.92. The summed E-state index contributed by atoms with van der Waals surface area (Å²) in [6, 6.07) is 7.92. The second-order valence-electron chi connectivity index (χ2n) is 2.68. The van der Waals surface area contributed by atoms with Crippen LogP contribution in [0.4, 0.5) is 5.69 Å². The van der Waals surface area contributed by atoms with E-state index in [4.69, 9.17) is 5.73 Å². The van der Waals surface area contributed by atoms with Gasteiger partial charge in [-0.3, -0.25) is 5.43 Å². The second-order valence-corrected chi connectivity index (χ2v) is 2.68. The van der Waals surface area contributed by atoms with E-state index in [9.17, 15) is 0 Å². The standard InChI is InChI=1S/C9H13N3/c1-7-5-3-4-6-9(7)12-11-8(2)10/h3-6,12H,1-2H3,(H2,10,11). The molecular formula is C9H13N3. The molecule has 64 valence electrons. The van der Waals surface area contributed by atoms with E-state index in [0.717, 1.165) is 11.3 Å². The molecule has 1 aromatic rings. The van der Waals surface area contributed by atoms with Crippen LogP contribution in [0.1, 0.15) is 12.5 Å². The molecule has 0 aliphatic carbocycles. The number of nitrogens with one attached hydrogen (secondary N) is 1. The summed E-state index contributed by atoms with van der Waals surface area (Å²) in [5, 5.41) is 3.90. The third-order valence-corrected chi connectivity index (χ3v) is 1.50. The first-order valence-corrected chi connectivity index (χ1v) is 3.81. The number of hydrogen-bond acceptors (Lipinski definition) is 2. The third-order valence-electron chi connectivity index (χ3n) is 1.50. The molecule has 3 N–H and O–H groups in total. The maximum atomic E-state index is 5.38. The van der Waals surface area contributed by atoms with Crippen LogP contribution in [0.3, 0.4) is 0 Å². The first-order valence-electron chi connectivity index (χ1n) is 3.81. The first kappa shape index (κ1) is 8.59. The van der Waals surface area contributed by atoms with Gasteiger partial charge in [0.15, 0.2) is 0 Å². The van der Waals surface area contributed by atoms with Crippen molar-refractivity contribution in [2.75, 3.05) is 5.43 Å². The smallest absolute Gasteiger partial charge is 0.116 e. The van der Waals surface area contributed by atoms with Crippen LogP contribution >= 0.6 is 0 Å². The monoisotopic (exact) mass is 163 g/mol. The maximum Gasteiger partial charge on any atom is 0.116 e. The van der Waals surface area contributed by atoms with Crippen molar-refractivity contribution in [2.24, 2.45) is 10.8 Å². The molecule has 12 heavy (non-hydrogen) atoms. The van der Waals surface area contributed by atoms with Crippen molar-refractivity contribution in [3.8, 4) is 0 Å². The summed E-state index contributed by atoms with van der Waals surface area (Å²) >= 11 is 0. The zero-order chi connectivity index (χ0) is 8.97. The van der Waals surface area contributed by atoms with E-state index in [-0.39, 0.29) is 0 Å². The van der Waals surface area contributed by atoms with Crippen LogP contribution in [0, 0.1) is 6.92 Å². The predicted octanol–water partition coefficient (Wildman–Crippen LogP) is 1.70. The second kappa shape index (κ2) is 3.76. The van der Waals surface area contributed by atoms with E-state index < -0.39 is 0 Å². The molecule has 0 aliphatic rings. The molecule has 0 bridgehead atoms. The lowest BCUT2D eigenvalue weighted by molar-refractivity contribution is 1.28. The van der Waals surface area contributed by atoms with Crippen molar-refractivity contribution in [1.29, 1.82) is 0 Å². The van der Waals surface area contributed by atoms with Gasteiger partial charge in [-0.2, -0.15) is 5.10 Å². The topological polar surface area (TPSA) is 50.4 Å². The molecule has 3 nitrogen and oxygen atoms in total. The van der Waals surface area contributed by atoms with Gasteiger partial charge in [-0.1, -0.05) is 18.2 Å². The number of anilines is 1. The van der Waals surface area contributed by atoms with Crippen LogP contribution in [0.15, 0.2) is 29.4 Å². The number of hydrazone groups is 1. The molecule has 0 aliphatic heterocycles. The zero-order valence-corrected chi connectivity index (χ0v) is 7.33. The van der Waals surface area contributed by atoms with Crippen molar-refractivity contribution in [1.82, 2.24) is 0 Å². The lowest BCUT2D eigenvalue weighted by Crippen LogP contribution is -2.08. The van der Waals surface area contributed by atoms with Crippen LogP contribution in [0.5, 0.6) is 0 Å². The van der Waals surface area contributed by atoms with Gasteiger partial charge in [0, 0.05) is 0 Å². The minimum atomic E-state index is 0.526. The summed E-state index contributed by atoms with van der Waals surface area (Å²) in [5.41, 5.74) is 10.4. The lowest BCUT2D eigenvalue weighted by atomic mass is 10.2. The zero-order valence-electron chi connectivity index (χ0n) is 7.33. The number of benzene rings is 1. The minimum absolute atomic E-state index is 0.526. The largest absolute Gasteiger partial charge is 0.386 e. The molecule has 0 saturated heterocycles. The van der Waals surface area contributed by atoms with E-state index in [2.05, 4.69) is 10.5 Å². The Labute approximate surface area is 72.3 Å². The Bertz CT molecular complexity index is 288. The summed E-state index contributed by atoms with van der Waals surface area (Å²) in [6.07, 6.45) is 0. The molecular weight excluding hydrogens is 150 g/mol. The van der Waals surface area contributed by atoms with E-state index in [1.807, 2.05) is 31.2 Å². The summed E-state index contributed by atoms with van der Waals surface area (Å²) in [7, 11) is 0. The molecule has 0 atom stereocenters. The summed E-state index contributed by atoms with van der Waals surface area (Å²) in [4.78, 5) is 0. The highest BCUT2D eigenvalue weighted by molar-refractivity contribution is 5.78. The first-order chi connectivity index (χ1) is 5.70. The molecule has 0 spiro atoms. The maximum absolute atomic E-state index is 5.38. The van der Waals surface area contributed by atoms with Crippen LogP contribution in [-0.2, 0) is 0 Å². The number of rotatable bonds is 2. The number of para-hydroxylation sites is 1. The number of amidine groups is 1. The molecule has 0 radical (unpaired) electrons. The average molecular weight is 163 g/mol. The van der Waals surface area contributed by atoms with Gasteiger partial charge in [0.25, 0.3) is 0 Å². The fourth-order valence-electron chi connectivity index (χ4n) is 0.847. The number of nitrogens with two attached hydrogens (primary N) is 1. The Kier molecular flexibility index (Phi) is 2.69. The van der Waals surface area contributed by atoms with Crippen LogP contribution in [0.2, 0.25) is 0 Å². The number of aryl methyl sites for hydroxylation is 1. The summed E-state index contributed by atoms with van der Waals surface area (Å²) in [6.45, 7) is 3.76. The number of hydrogen-bond donors (Lipinski definition) is 2. The average Bonchev–Trinajstić information content (AvgIpc) is 2.03. The van der Waals surface area contributed by atoms with Gasteiger partial charge in [0.05, 0.1) is 5.69 Å². The highest BCUT2D eigenvalue weighted by atomic mass is 15.3. The Balaban J connectivity index is 2.76. The van der Waals surface area contributed by atoms with E-state index in [1.165, 1.54) is 0 Å². The van der Waals surface area contributed by atoms with Crippen molar-refractivity contribution in [2.45, 2.75) is 13.8 Å². The van der Waals surface area contributed by atoms with E-state index in [1.54, 1.807) is 6.92 Å². The summed E-state index contributed by atoms with van der Waals surface area (Å²) < 4.78 is 0. The molecule has 0 amide bonds. The Morgan fingerprint density at radius 2 is 2.08 bits per heavy atom. The van der Waals surface area contributed by atoms with Gasteiger partial charge >= 0.3 is 0 Å². The molecule has 3 heteroatoms. The molecule has 0 fully saturated rings. The van der Waals surface area contributed by atoms with E-state index in [0.29, 0.717) is 5.84 Å². The molecule has 1 aromatic carbocycles. The van der Waals surface area contributed by atoms with Gasteiger partial charge in [-0.05, 0) is 25.5 Å². The van der Waals surface area contributed by atoms with Crippen molar-refractivity contribution in [3.05, 3.63) is 29.8 Å². The Morgan fingerprint density at radius 3 is 2.67 bits per heavy atom. The third kappa shape index (κ3) is 2.27. The van der Waals surface area contributed by atoms with Crippen molar-refractivity contribution < 1.29 is 0 Å². The SMILES string of the molecule is C/C(N)=N/Nc1ccccc1C. The van der Waals surface area contributed by atoms with Crippen LogP contribution in [0.25, 0.3) is 0 Å². The normalized spacial score (nSPS) is 11.3. The molecule has 0 heterocycles. The molecule has 1 rings (SSSR count). The molecule has 0 aromatic heterocycles. The fraction of sp³-hybridized carbons (Fsp3) is 0.222. The summed E-state index contributed by atoms with van der Waals surface area (Å²) in [5.74, 6) is 0.526. The van der Waals surface area contributed by atoms with Gasteiger partial charge < -0.3 is 5.73 Å². The Hall–Kier alpha value is -1.51. The van der Waals surface area contributed by atoms with Gasteiger partial charge in [-0.15, -0.1) is 0 Å². The minimum Gasteiger partial charge on any atom is -0.386 e. The fourth-order valence-corrected chi connectivity index (χ4v) is 0.847. The highest BCUT2D eigenvalue weighted by Crippen LogP contribution is 2.12. The van der Waals surface area contributed by atoms with Crippen molar-refractivity contribution >= 4 is 11.5 Å². The lowest BCUT2D eigenvalue weighted by Gasteiger charge is -2.03.